The Morgan fingerprint density at radius 1 is 0.646 bits per heavy atom. The summed E-state index contributed by atoms with van der Waals surface area (Å²) in [4.78, 5) is 54.7. The largest absolute Gasteiger partial charge is 0.473 e. The van der Waals surface area contributed by atoms with E-state index in [1.165, 1.54) is 65.1 Å². The van der Waals surface area contributed by atoms with Crippen LogP contribution < -0.4 is 9.47 Å². The van der Waals surface area contributed by atoms with Gasteiger partial charge in [0.05, 0.1) is 39.6 Å². The summed E-state index contributed by atoms with van der Waals surface area (Å²) in [6.07, 6.45) is 6.09. The highest BCUT2D eigenvalue weighted by molar-refractivity contribution is 5.96. The summed E-state index contributed by atoms with van der Waals surface area (Å²) in [7, 11) is 5.17. The molecule has 0 unspecified atom stereocenters. The molecule has 2 aromatic heterocycles. The van der Waals surface area contributed by atoms with E-state index in [-0.39, 0.29) is 23.8 Å². The maximum atomic E-state index is 12.0. The summed E-state index contributed by atoms with van der Waals surface area (Å²) in [6.45, 7) is 0.668. The first-order valence-corrected chi connectivity index (χ1v) is 14.6. The van der Waals surface area contributed by atoms with Gasteiger partial charge in [-0.15, -0.1) is 0 Å². The van der Waals surface area contributed by atoms with Crippen LogP contribution in [0, 0.1) is 0 Å². The van der Waals surface area contributed by atoms with Crippen LogP contribution in [0.25, 0.3) is 6.08 Å². The molecule has 0 fully saturated rings. The number of hydrogen-bond donors (Lipinski definition) is 0. The molecule has 2 heterocycles. The van der Waals surface area contributed by atoms with E-state index in [9.17, 15) is 19.2 Å². The smallest absolute Gasteiger partial charge is 0.338 e. The predicted octanol–water partition coefficient (Wildman–Crippen LogP) is 5.19. The molecule has 12 heteroatoms. The lowest BCUT2D eigenvalue weighted by molar-refractivity contribution is -0.140. The minimum atomic E-state index is -0.550. The zero-order chi connectivity index (χ0) is 34.7. The molecule has 2 aromatic carbocycles. The van der Waals surface area contributed by atoms with Gasteiger partial charge in [-0.3, -0.25) is 4.79 Å². The average Bonchev–Trinajstić information content (AvgIpc) is 3.14. The summed E-state index contributed by atoms with van der Waals surface area (Å²) in [6, 6.07) is 22.2. The van der Waals surface area contributed by atoms with Crippen molar-refractivity contribution in [1.29, 1.82) is 0 Å². The van der Waals surface area contributed by atoms with Crippen molar-refractivity contribution in [2.45, 2.75) is 26.1 Å². The molecular weight excluding hydrogens is 620 g/mol. The van der Waals surface area contributed by atoms with Crippen molar-refractivity contribution in [2.75, 3.05) is 28.4 Å². The van der Waals surface area contributed by atoms with Crippen molar-refractivity contribution < 1.29 is 47.6 Å². The fourth-order valence-electron chi connectivity index (χ4n) is 4.02. The molecule has 0 atom stereocenters. The van der Waals surface area contributed by atoms with E-state index in [1.807, 2.05) is 60.7 Å². The van der Waals surface area contributed by atoms with Crippen molar-refractivity contribution in [1.82, 2.24) is 9.97 Å². The van der Waals surface area contributed by atoms with E-state index in [0.29, 0.717) is 42.2 Å². The lowest BCUT2D eigenvalue weighted by Crippen LogP contribution is -2.10. The summed E-state index contributed by atoms with van der Waals surface area (Å²) in [5, 5.41) is 0. The highest BCUT2D eigenvalue weighted by Gasteiger charge is 2.16. The molecule has 0 amide bonds. The van der Waals surface area contributed by atoms with Crippen LogP contribution in [0.4, 0.5) is 0 Å². The van der Waals surface area contributed by atoms with Crippen LogP contribution in [0.2, 0.25) is 0 Å². The molecule has 0 bridgehead atoms. The third kappa shape index (κ3) is 11.7. The number of aryl methyl sites for hydroxylation is 1. The number of carbonyl (C=O) groups excluding carboxylic acids is 4. The Bertz CT molecular complexity index is 1690. The molecule has 0 aliphatic carbocycles. The molecule has 0 saturated carbocycles. The van der Waals surface area contributed by atoms with Gasteiger partial charge in [0, 0.05) is 42.6 Å². The molecular formula is C36H36N2O10. The third-order valence-corrected chi connectivity index (χ3v) is 6.57. The van der Waals surface area contributed by atoms with E-state index in [1.54, 1.807) is 0 Å². The lowest BCUT2D eigenvalue weighted by Gasteiger charge is -2.10. The maximum absolute atomic E-state index is 12.0. The summed E-state index contributed by atoms with van der Waals surface area (Å²) in [5.74, 6) is -1.32. The van der Waals surface area contributed by atoms with Crippen LogP contribution in [0.15, 0.2) is 91.3 Å². The van der Waals surface area contributed by atoms with Crippen molar-refractivity contribution in [3.8, 4) is 11.8 Å². The standard InChI is InChI=1S/C18H19NO5.C18H17NO5/c2*1-22-17(20)9-8-14-11-19-16(10-15(14)18(21)23-2)24-12-13-6-4-3-5-7-13/h3-7,10-11H,8-9,12H2,1-2H3;3-11H,12H2,1-2H3. The topological polar surface area (TPSA) is 149 Å². The SMILES string of the molecule is COC(=O)C=Cc1cnc(OCc2ccccc2)cc1C(=O)OC.COC(=O)CCc1cnc(OCc2ccccc2)cc1C(=O)OC. The third-order valence-electron chi connectivity index (χ3n) is 6.57. The number of methoxy groups -OCH3 is 4. The molecule has 0 aliphatic heterocycles. The Kier molecular flexibility index (Phi) is 14.8. The second-order valence-electron chi connectivity index (χ2n) is 9.75. The number of nitrogens with zero attached hydrogens (tertiary/aromatic N) is 2. The van der Waals surface area contributed by atoms with Gasteiger partial charge in [0.25, 0.3) is 0 Å². The minimum absolute atomic E-state index is 0.159. The molecule has 0 radical (unpaired) electrons. The van der Waals surface area contributed by atoms with Crippen molar-refractivity contribution in [3.63, 3.8) is 0 Å². The number of carbonyl (C=O) groups is 4. The van der Waals surface area contributed by atoms with Gasteiger partial charge < -0.3 is 28.4 Å². The van der Waals surface area contributed by atoms with Crippen LogP contribution in [0.3, 0.4) is 0 Å². The molecule has 12 nitrogen and oxygen atoms in total. The van der Waals surface area contributed by atoms with E-state index in [4.69, 9.17) is 18.9 Å². The summed E-state index contributed by atoms with van der Waals surface area (Å²) < 4.78 is 29.9. The van der Waals surface area contributed by atoms with Gasteiger partial charge in [0.15, 0.2) is 0 Å². The maximum Gasteiger partial charge on any atom is 0.338 e. The molecule has 4 rings (SSSR count). The fraction of sp³-hybridized carbons (Fsp3) is 0.222. The number of rotatable bonds is 13. The molecule has 48 heavy (non-hydrogen) atoms. The number of benzene rings is 2. The Balaban J connectivity index is 0.000000260. The fourth-order valence-corrected chi connectivity index (χ4v) is 4.02. The summed E-state index contributed by atoms with van der Waals surface area (Å²) >= 11 is 0. The van der Waals surface area contributed by atoms with Gasteiger partial charge in [-0.2, -0.15) is 0 Å². The van der Waals surface area contributed by atoms with Crippen molar-refractivity contribution in [2.24, 2.45) is 0 Å². The lowest BCUT2D eigenvalue weighted by atomic mass is 10.1. The molecule has 0 N–H and O–H groups in total. The Labute approximate surface area is 278 Å². The zero-order valence-electron chi connectivity index (χ0n) is 27.0. The van der Waals surface area contributed by atoms with E-state index in [0.717, 1.165) is 11.1 Å². The van der Waals surface area contributed by atoms with Crippen molar-refractivity contribution >= 4 is 30.0 Å². The number of ether oxygens (including phenoxy) is 6. The minimum Gasteiger partial charge on any atom is -0.473 e. The second kappa shape index (κ2) is 19.5. The van der Waals surface area contributed by atoms with Gasteiger partial charge in [-0.05, 0) is 29.2 Å². The molecule has 4 aromatic rings. The van der Waals surface area contributed by atoms with E-state index < -0.39 is 17.9 Å². The van der Waals surface area contributed by atoms with Gasteiger partial charge in [0.1, 0.15) is 13.2 Å². The van der Waals surface area contributed by atoms with E-state index >= 15 is 0 Å². The average molecular weight is 657 g/mol. The van der Waals surface area contributed by atoms with Gasteiger partial charge in [-0.1, -0.05) is 60.7 Å². The van der Waals surface area contributed by atoms with Gasteiger partial charge >= 0.3 is 23.9 Å². The van der Waals surface area contributed by atoms with Crippen molar-refractivity contribution in [3.05, 3.63) is 125 Å². The number of pyridine rings is 2. The quantitative estimate of drug-likeness (QED) is 0.106. The van der Waals surface area contributed by atoms with Gasteiger partial charge in [0.2, 0.25) is 11.8 Å². The summed E-state index contributed by atoms with van der Waals surface area (Å²) in [5.41, 5.74) is 3.59. The first-order chi connectivity index (χ1) is 23.3. The molecule has 0 saturated heterocycles. The zero-order valence-corrected chi connectivity index (χ0v) is 27.0. The van der Waals surface area contributed by atoms with E-state index in [2.05, 4.69) is 19.4 Å². The normalized spacial score (nSPS) is 10.2. The molecule has 0 aliphatic rings. The number of hydrogen-bond acceptors (Lipinski definition) is 12. The van der Waals surface area contributed by atoms with Crippen LogP contribution in [0.5, 0.6) is 11.8 Å². The van der Waals surface area contributed by atoms with Crippen LogP contribution in [-0.4, -0.2) is 62.3 Å². The first kappa shape index (κ1) is 36.4. The first-order valence-electron chi connectivity index (χ1n) is 14.6. The Hall–Kier alpha value is -6.04. The van der Waals surface area contributed by atoms with Gasteiger partial charge in [-0.25, -0.2) is 24.4 Å². The number of aromatic nitrogens is 2. The predicted molar refractivity (Wildman–Crippen MR) is 174 cm³/mol. The Morgan fingerprint density at radius 2 is 1.17 bits per heavy atom. The number of esters is 4. The van der Waals surface area contributed by atoms with Crippen LogP contribution in [-0.2, 0) is 48.2 Å². The highest BCUT2D eigenvalue weighted by atomic mass is 16.5. The monoisotopic (exact) mass is 656 g/mol. The molecule has 0 spiro atoms. The highest BCUT2D eigenvalue weighted by Crippen LogP contribution is 2.20. The van der Waals surface area contributed by atoms with Crippen LogP contribution in [0.1, 0.15) is 49.4 Å². The molecule has 250 valence electrons. The Morgan fingerprint density at radius 3 is 1.69 bits per heavy atom. The van der Waals surface area contributed by atoms with Crippen LogP contribution >= 0.6 is 0 Å². The second-order valence-corrected chi connectivity index (χ2v) is 9.75.